The first-order valence-corrected chi connectivity index (χ1v) is 12.6. The number of ether oxygens (including phenoxy) is 1. The average Bonchev–Trinajstić information content (AvgIpc) is 3.57. The molecule has 1 saturated heterocycles. The van der Waals surface area contributed by atoms with Crippen LogP contribution in [0.2, 0.25) is 0 Å². The Morgan fingerprint density at radius 3 is 2.64 bits per heavy atom. The summed E-state index contributed by atoms with van der Waals surface area (Å²) in [7, 11) is 1.44. The maximum absolute atomic E-state index is 12.6. The number of amides is 1. The molecule has 0 radical (unpaired) electrons. The van der Waals surface area contributed by atoms with Gasteiger partial charge in [-0.15, -0.1) is 0 Å². The molecule has 1 fully saturated rings. The summed E-state index contributed by atoms with van der Waals surface area (Å²) in [5, 5.41) is 14.4. The molecular formula is C26H30N8O2. The number of fused-ring (bicyclic) bond motifs is 3. The Kier molecular flexibility index (Phi) is 5.79. The summed E-state index contributed by atoms with van der Waals surface area (Å²) in [5.74, 6) is 1.78. The van der Waals surface area contributed by atoms with Gasteiger partial charge in [0.15, 0.2) is 0 Å². The molecule has 2 aliphatic rings. The van der Waals surface area contributed by atoms with Crippen LogP contribution in [0.25, 0.3) is 11.0 Å². The number of methoxy groups -OCH3 is 1. The van der Waals surface area contributed by atoms with Crippen molar-refractivity contribution in [3.8, 4) is 0 Å². The number of aromatic nitrogens is 6. The van der Waals surface area contributed by atoms with Crippen molar-refractivity contribution < 1.29 is 9.53 Å². The molecule has 1 atom stereocenters. The minimum absolute atomic E-state index is 0.0863. The van der Waals surface area contributed by atoms with E-state index in [9.17, 15) is 4.79 Å². The smallest absolute Gasteiger partial charge is 0.414 e. The van der Waals surface area contributed by atoms with E-state index in [0.29, 0.717) is 6.04 Å². The van der Waals surface area contributed by atoms with Gasteiger partial charge < -0.3 is 14.2 Å². The van der Waals surface area contributed by atoms with E-state index >= 15 is 0 Å². The van der Waals surface area contributed by atoms with Gasteiger partial charge in [0.05, 0.1) is 23.8 Å². The molecule has 6 rings (SSSR count). The van der Waals surface area contributed by atoms with Gasteiger partial charge in [0.2, 0.25) is 5.95 Å². The molecule has 0 unspecified atom stereocenters. The summed E-state index contributed by atoms with van der Waals surface area (Å²) >= 11 is 0. The van der Waals surface area contributed by atoms with Crippen LogP contribution >= 0.6 is 0 Å². The number of hydrogen-bond acceptors (Lipinski definition) is 7. The predicted molar refractivity (Wildman–Crippen MR) is 136 cm³/mol. The number of carbonyl (C=O) groups is 1. The Labute approximate surface area is 209 Å². The first-order chi connectivity index (χ1) is 17.6. The lowest BCUT2D eigenvalue weighted by molar-refractivity contribution is 0.175. The number of nitrogens with one attached hydrogen (secondary N) is 1. The van der Waals surface area contributed by atoms with Crippen molar-refractivity contribution in [2.75, 3.05) is 30.0 Å². The summed E-state index contributed by atoms with van der Waals surface area (Å²) in [5.41, 5.74) is 5.42. The average molecular weight is 487 g/mol. The highest BCUT2D eigenvalue weighted by molar-refractivity contribution is 5.95. The first-order valence-electron chi connectivity index (χ1n) is 12.6. The highest BCUT2D eigenvalue weighted by atomic mass is 16.5. The fourth-order valence-electron chi connectivity index (χ4n) is 5.76. The Morgan fingerprint density at radius 1 is 1.11 bits per heavy atom. The van der Waals surface area contributed by atoms with Gasteiger partial charge in [0, 0.05) is 37.2 Å². The van der Waals surface area contributed by atoms with Crippen molar-refractivity contribution in [2.45, 2.75) is 51.1 Å². The zero-order chi connectivity index (χ0) is 24.6. The number of aromatic amines is 1. The molecule has 2 aromatic carbocycles. The lowest BCUT2D eigenvalue weighted by Gasteiger charge is -2.34. The van der Waals surface area contributed by atoms with Crippen LogP contribution in [0.5, 0.6) is 0 Å². The minimum Gasteiger partial charge on any atom is -0.452 e. The van der Waals surface area contributed by atoms with Gasteiger partial charge in [-0.1, -0.05) is 35.4 Å². The van der Waals surface area contributed by atoms with Gasteiger partial charge in [0.1, 0.15) is 5.82 Å². The lowest BCUT2D eigenvalue weighted by Crippen LogP contribution is -2.42. The summed E-state index contributed by atoms with van der Waals surface area (Å²) in [4.78, 5) is 21.8. The van der Waals surface area contributed by atoms with E-state index in [-0.39, 0.29) is 12.1 Å². The van der Waals surface area contributed by atoms with E-state index < -0.39 is 0 Å². The lowest BCUT2D eigenvalue weighted by atomic mass is 9.95. The normalized spacial score (nSPS) is 18.4. The SMILES string of the molecule is COC(=O)N1c2ccc3c(nc(Cc4ccccc4)n3C3CCN(c4nnn[nH]4)CC3)c2CC[C@@H]1C. The summed E-state index contributed by atoms with van der Waals surface area (Å²) in [6.45, 7) is 3.80. The molecule has 4 aromatic rings. The maximum atomic E-state index is 12.6. The number of tetrazole rings is 1. The number of imidazole rings is 1. The number of piperidine rings is 1. The second-order valence-electron chi connectivity index (χ2n) is 9.66. The fourth-order valence-corrected chi connectivity index (χ4v) is 5.76. The van der Waals surface area contributed by atoms with Crippen molar-refractivity contribution in [3.05, 3.63) is 59.4 Å². The molecule has 4 heterocycles. The molecule has 10 nitrogen and oxygen atoms in total. The molecule has 186 valence electrons. The monoisotopic (exact) mass is 486 g/mol. The molecule has 0 spiro atoms. The summed E-state index contributed by atoms with van der Waals surface area (Å²) in [6.07, 6.45) is 4.15. The van der Waals surface area contributed by atoms with E-state index in [1.54, 1.807) is 4.90 Å². The van der Waals surface area contributed by atoms with Crippen molar-refractivity contribution in [3.63, 3.8) is 0 Å². The van der Waals surface area contributed by atoms with Crippen LogP contribution in [0.15, 0.2) is 42.5 Å². The zero-order valence-corrected chi connectivity index (χ0v) is 20.6. The van der Waals surface area contributed by atoms with Crippen LogP contribution in [0.3, 0.4) is 0 Å². The number of carbonyl (C=O) groups excluding carboxylic acids is 1. The maximum Gasteiger partial charge on any atom is 0.414 e. The van der Waals surface area contributed by atoms with E-state index in [1.807, 2.05) is 6.07 Å². The predicted octanol–water partition coefficient (Wildman–Crippen LogP) is 3.89. The van der Waals surface area contributed by atoms with Crippen LogP contribution in [-0.4, -0.2) is 62.5 Å². The molecule has 2 aromatic heterocycles. The largest absolute Gasteiger partial charge is 0.452 e. The number of rotatable bonds is 4. The van der Waals surface area contributed by atoms with E-state index in [4.69, 9.17) is 9.72 Å². The first kappa shape index (κ1) is 22.5. The second kappa shape index (κ2) is 9.25. The third kappa shape index (κ3) is 3.86. The number of nitrogens with zero attached hydrogens (tertiary/aromatic N) is 7. The fraction of sp³-hybridized carbons (Fsp3) is 0.423. The number of aryl methyl sites for hydroxylation is 1. The number of anilines is 2. The third-order valence-electron chi connectivity index (χ3n) is 7.57. The van der Waals surface area contributed by atoms with Gasteiger partial charge in [-0.3, -0.25) is 4.90 Å². The topological polar surface area (TPSA) is 105 Å². The second-order valence-corrected chi connectivity index (χ2v) is 9.66. The zero-order valence-electron chi connectivity index (χ0n) is 20.6. The molecule has 0 bridgehead atoms. The van der Waals surface area contributed by atoms with Crippen molar-refractivity contribution >= 4 is 28.8 Å². The molecule has 2 aliphatic heterocycles. The van der Waals surface area contributed by atoms with E-state index in [2.05, 4.69) is 73.4 Å². The molecule has 0 aliphatic carbocycles. The third-order valence-corrected chi connectivity index (χ3v) is 7.57. The van der Waals surface area contributed by atoms with Crippen LogP contribution in [0, 0.1) is 0 Å². The van der Waals surface area contributed by atoms with Gasteiger partial charge in [-0.25, -0.2) is 14.9 Å². The Balaban J connectivity index is 1.42. The highest BCUT2D eigenvalue weighted by Gasteiger charge is 2.33. The van der Waals surface area contributed by atoms with Crippen LogP contribution in [-0.2, 0) is 17.6 Å². The minimum atomic E-state index is -0.319. The number of hydrogen-bond donors (Lipinski definition) is 1. The molecule has 36 heavy (non-hydrogen) atoms. The van der Waals surface area contributed by atoms with Gasteiger partial charge in [-0.2, -0.15) is 0 Å². The number of benzene rings is 2. The quantitative estimate of drug-likeness (QED) is 0.467. The van der Waals surface area contributed by atoms with E-state index in [0.717, 1.165) is 79.3 Å². The Hall–Kier alpha value is -3.95. The Morgan fingerprint density at radius 2 is 1.92 bits per heavy atom. The van der Waals surface area contributed by atoms with Crippen molar-refractivity contribution in [2.24, 2.45) is 0 Å². The van der Waals surface area contributed by atoms with Crippen molar-refractivity contribution in [1.82, 2.24) is 30.2 Å². The standard InChI is InChI=1S/C26H30N8O2/c1-17-8-9-20-21(33(17)26(35)36-2)10-11-22-24(20)27-23(16-18-6-4-3-5-7-18)34(22)19-12-14-32(15-13-19)25-28-30-31-29-25/h3-7,10-11,17,19H,8-9,12-16H2,1-2H3,(H,28,29,30,31)/t17-/m0/s1. The molecule has 1 N–H and O–H groups in total. The van der Waals surface area contributed by atoms with Crippen LogP contribution in [0.4, 0.5) is 16.4 Å². The highest BCUT2D eigenvalue weighted by Crippen LogP contribution is 2.39. The molecular weight excluding hydrogens is 456 g/mol. The van der Waals surface area contributed by atoms with Gasteiger partial charge >= 0.3 is 6.09 Å². The molecule has 0 saturated carbocycles. The van der Waals surface area contributed by atoms with Crippen LogP contribution < -0.4 is 9.80 Å². The van der Waals surface area contributed by atoms with Crippen molar-refractivity contribution in [1.29, 1.82) is 0 Å². The summed E-state index contributed by atoms with van der Waals surface area (Å²) < 4.78 is 7.56. The molecule has 10 heteroatoms. The van der Waals surface area contributed by atoms with Crippen LogP contribution in [0.1, 0.15) is 49.2 Å². The van der Waals surface area contributed by atoms with E-state index in [1.165, 1.54) is 12.7 Å². The summed E-state index contributed by atoms with van der Waals surface area (Å²) in [6, 6.07) is 15.1. The molecule has 1 amide bonds. The van der Waals surface area contributed by atoms with Gasteiger partial charge in [-0.05, 0) is 60.7 Å². The Bertz CT molecular complexity index is 1360. The number of H-pyrrole nitrogens is 1. The van der Waals surface area contributed by atoms with Gasteiger partial charge in [0.25, 0.3) is 0 Å².